The summed E-state index contributed by atoms with van der Waals surface area (Å²) >= 11 is 0. The Balaban J connectivity index is 2.33. The number of nitrogens with two attached hydrogens (primary N) is 1. The molecule has 0 spiro atoms. The minimum absolute atomic E-state index is 0.0793. The Bertz CT molecular complexity index is 752. The van der Waals surface area contributed by atoms with Crippen LogP contribution in [0, 0.1) is 0 Å². The van der Waals surface area contributed by atoms with Crippen molar-refractivity contribution in [3.05, 3.63) is 29.7 Å². The molecule has 0 fully saturated rings. The molecule has 0 amide bonds. The predicted octanol–water partition coefficient (Wildman–Crippen LogP) is 3.25. The monoisotopic (exact) mass is 271 g/mol. The first-order valence-corrected chi connectivity index (χ1v) is 7.30. The first kappa shape index (κ1) is 13.2. The van der Waals surface area contributed by atoms with Crippen molar-refractivity contribution in [2.75, 3.05) is 0 Å². The summed E-state index contributed by atoms with van der Waals surface area (Å²) in [4.78, 5) is 0. The number of aryl methyl sites for hydroxylation is 2. The highest BCUT2D eigenvalue weighted by molar-refractivity contribution is 6.04. The van der Waals surface area contributed by atoms with Crippen LogP contribution in [0.2, 0.25) is 0 Å². The van der Waals surface area contributed by atoms with Gasteiger partial charge in [-0.1, -0.05) is 13.8 Å². The van der Waals surface area contributed by atoms with Crippen molar-refractivity contribution in [2.45, 2.75) is 46.2 Å². The Hall–Kier alpha value is -1.81. The summed E-state index contributed by atoms with van der Waals surface area (Å²) in [5.74, 6) is 1.01. The van der Waals surface area contributed by atoms with Crippen LogP contribution in [0.15, 0.2) is 22.6 Å². The van der Waals surface area contributed by atoms with Crippen LogP contribution in [0.4, 0.5) is 0 Å². The average Bonchev–Trinajstić information content (AvgIpc) is 2.98. The summed E-state index contributed by atoms with van der Waals surface area (Å²) in [6, 6.07) is 6.38. The normalized spacial score (nSPS) is 13.4. The van der Waals surface area contributed by atoms with E-state index in [0.29, 0.717) is 0 Å². The molecule has 0 radical (unpaired) electrons. The number of fused-ring (bicyclic) bond motifs is 3. The maximum Gasteiger partial charge on any atom is 0.136 e. The van der Waals surface area contributed by atoms with Crippen molar-refractivity contribution >= 4 is 21.9 Å². The van der Waals surface area contributed by atoms with Crippen LogP contribution in [0.5, 0.6) is 0 Å². The minimum atomic E-state index is 0.0793. The first-order chi connectivity index (χ1) is 9.63. The summed E-state index contributed by atoms with van der Waals surface area (Å²) in [5.41, 5.74) is 9.17. The van der Waals surface area contributed by atoms with Crippen molar-refractivity contribution in [3.63, 3.8) is 0 Å². The van der Waals surface area contributed by atoms with E-state index < -0.39 is 0 Å². The van der Waals surface area contributed by atoms with Gasteiger partial charge in [0.1, 0.15) is 11.3 Å². The van der Waals surface area contributed by atoms with Gasteiger partial charge in [-0.15, -0.1) is 0 Å². The Morgan fingerprint density at radius 3 is 2.70 bits per heavy atom. The van der Waals surface area contributed by atoms with E-state index in [-0.39, 0.29) is 6.04 Å². The summed E-state index contributed by atoms with van der Waals surface area (Å²) in [6.07, 6.45) is 1.82. The lowest BCUT2D eigenvalue weighted by Gasteiger charge is -2.06. The topological polar surface area (TPSA) is 57.0 Å². The molecule has 3 rings (SSSR count). The van der Waals surface area contributed by atoms with E-state index in [4.69, 9.17) is 15.2 Å². The molecule has 0 aliphatic rings. The highest BCUT2D eigenvalue weighted by Gasteiger charge is 2.15. The lowest BCUT2D eigenvalue weighted by Crippen LogP contribution is -2.22. The SMILES string of the molecule is CCc1cc2c(ccc3c(CC)nn(C[C@H](C)N)c32)o1. The molecule has 106 valence electrons. The van der Waals surface area contributed by atoms with E-state index >= 15 is 0 Å². The highest BCUT2D eigenvalue weighted by atomic mass is 16.3. The van der Waals surface area contributed by atoms with Gasteiger partial charge in [0.15, 0.2) is 0 Å². The number of benzene rings is 1. The standard InChI is InChI=1S/C16H21N3O/c1-4-11-8-13-15(20-11)7-6-12-14(5-2)18-19(16(12)13)9-10(3)17/h6-8,10H,4-5,9,17H2,1-3H3/t10-/m0/s1. The second-order valence-corrected chi connectivity index (χ2v) is 5.40. The number of furan rings is 1. The number of rotatable bonds is 4. The molecular weight excluding hydrogens is 250 g/mol. The third-order valence-corrected chi connectivity index (χ3v) is 3.68. The largest absolute Gasteiger partial charge is 0.461 e. The molecular formula is C16H21N3O. The van der Waals surface area contributed by atoms with Crippen molar-refractivity contribution in [2.24, 2.45) is 5.73 Å². The van der Waals surface area contributed by atoms with E-state index in [1.807, 2.05) is 17.7 Å². The second kappa shape index (κ2) is 4.94. The fourth-order valence-electron chi connectivity index (χ4n) is 2.75. The van der Waals surface area contributed by atoms with Gasteiger partial charge in [0.05, 0.1) is 17.8 Å². The lowest BCUT2D eigenvalue weighted by molar-refractivity contribution is 0.548. The van der Waals surface area contributed by atoms with Crippen LogP contribution in [0.25, 0.3) is 21.9 Å². The minimum Gasteiger partial charge on any atom is -0.461 e. The molecule has 0 saturated heterocycles. The molecule has 0 aliphatic carbocycles. The lowest BCUT2D eigenvalue weighted by atomic mass is 10.1. The summed E-state index contributed by atoms with van der Waals surface area (Å²) in [7, 11) is 0. The van der Waals surface area contributed by atoms with Crippen molar-refractivity contribution in [1.82, 2.24) is 9.78 Å². The van der Waals surface area contributed by atoms with E-state index in [9.17, 15) is 0 Å². The molecule has 1 aromatic carbocycles. The zero-order chi connectivity index (χ0) is 14.3. The van der Waals surface area contributed by atoms with Gasteiger partial charge in [-0.2, -0.15) is 5.10 Å². The average molecular weight is 271 g/mol. The third kappa shape index (κ3) is 2.00. The maximum absolute atomic E-state index is 5.96. The van der Waals surface area contributed by atoms with Gasteiger partial charge in [0.2, 0.25) is 0 Å². The highest BCUT2D eigenvalue weighted by Crippen LogP contribution is 2.30. The van der Waals surface area contributed by atoms with Crippen LogP contribution in [-0.4, -0.2) is 15.8 Å². The summed E-state index contributed by atoms with van der Waals surface area (Å²) < 4.78 is 7.89. The summed E-state index contributed by atoms with van der Waals surface area (Å²) in [6.45, 7) is 6.97. The molecule has 3 aromatic rings. The molecule has 0 unspecified atom stereocenters. The predicted molar refractivity (Wildman–Crippen MR) is 81.9 cm³/mol. The Morgan fingerprint density at radius 1 is 1.25 bits per heavy atom. The van der Waals surface area contributed by atoms with Gasteiger partial charge >= 0.3 is 0 Å². The molecule has 0 aliphatic heterocycles. The molecule has 4 nitrogen and oxygen atoms in total. The Morgan fingerprint density at radius 2 is 2.05 bits per heavy atom. The molecule has 4 heteroatoms. The van der Waals surface area contributed by atoms with Gasteiger partial charge in [0.25, 0.3) is 0 Å². The van der Waals surface area contributed by atoms with Gasteiger partial charge in [-0.25, -0.2) is 0 Å². The fraction of sp³-hybridized carbons (Fsp3) is 0.438. The van der Waals surface area contributed by atoms with Crippen LogP contribution in [-0.2, 0) is 19.4 Å². The fourth-order valence-corrected chi connectivity index (χ4v) is 2.75. The van der Waals surface area contributed by atoms with Crippen LogP contribution < -0.4 is 5.73 Å². The van der Waals surface area contributed by atoms with E-state index in [2.05, 4.69) is 26.0 Å². The zero-order valence-electron chi connectivity index (χ0n) is 12.3. The molecule has 1 atom stereocenters. The van der Waals surface area contributed by atoms with Crippen LogP contribution in [0.3, 0.4) is 0 Å². The molecule has 0 saturated carbocycles. The molecule has 0 bridgehead atoms. The zero-order valence-corrected chi connectivity index (χ0v) is 12.3. The van der Waals surface area contributed by atoms with Crippen molar-refractivity contribution in [3.8, 4) is 0 Å². The van der Waals surface area contributed by atoms with Gasteiger partial charge in [0, 0.05) is 23.2 Å². The van der Waals surface area contributed by atoms with Gasteiger partial charge in [-0.05, 0) is 31.5 Å². The van der Waals surface area contributed by atoms with Crippen LogP contribution >= 0.6 is 0 Å². The Kier molecular flexibility index (Phi) is 3.26. The van der Waals surface area contributed by atoms with Gasteiger partial charge in [-0.3, -0.25) is 4.68 Å². The van der Waals surface area contributed by atoms with Crippen molar-refractivity contribution < 1.29 is 4.42 Å². The molecule has 2 aromatic heterocycles. The third-order valence-electron chi connectivity index (χ3n) is 3.68. The molecule has 20 heavy (non-hydrogen) atoms. The maximum atomic E-state index is 5.96. The van der Waals surface area contributed by atoms with Crippen molar-refractivity contribution in [1.29, 1.82) is 0 Å². The van der Waals surface area contributed by atoms with Crippen LogP contribution in [0.1, 0.15) is 32.2 Å². The summed E-state index contributed by atoms with van der Waals surface area (Å²) in [5, 5.41) is 7.09. The molecule has 2 N–H and O–H groups in total. The van der Waals surface area contributed by atoms with E-state index in [0.717, 1.165) is 47.3 Å². The number of aromatic nitrogens is 2. The quantitative estimate of drug-likeness (QED) is 0.792. The Labute approximate surface area is 118 Å². The van der Waals surface area contributed by atoms with E-state index in [1.165, 1.54) is 5.39 Å². The van der Waals surface area contributed by atoms with Gasteiger partial charge < -0.3 is 10.2 Å². The molecule has 2 heterocycles. The number of hydrogen-bond donors (Lipinski definition) is 1. The second-order valence-electron chi connectivity index (χ2n) is 5.40. The van der Waals surface area contributed by atoms with E-state index in [1.54, 1.807) is 0 Å². The number of nitrogens with zero attached hydrogens (tertiary/aromatic N) is 2. The first-order valence-electron chi connectivity index (χ1n) is 7.30. The number of hydrogen-bond acceptors (Lipinski definition) is 3. The smallest absolute Gasteiger partial charge is 0.136 e.